The number of pyridine rings is 2. The highest BCUT2D eigenvalue weighted by molar-refractivity contribution is 6.32. The van der Waals surface area contributed by atoms with Crippen molar-refractivity contribution in [3.63, 3.8) is 0 Å². The predicted molar refractivity (Wildman–Crippen MR) is 125 cm³/mol. The monoisotopic (exact) mass is 473 g/mol. The first-order valence-corrected chi connectivity index (χ1v) is 10.6. The summed E-state index contributed by atoms with van der Waals surface area (Å²) in [6.07, 6.45) is 4.55. The third-order valence-electron chi connectivity index (χ3n) is 5.21. The first-order chi connectivity index (χ1) is 15.3. The van der Waals surface area contributed by atoms with E-state index in [0.29, 0.717) is 34.0 Å². The van der Waals surface area contributed by atoms with Crippen LogP contribution in [-0.4, -0.2) is 48.3 Å². The largest absolute Gasteiger partial charge is 0.394 e. The fraction of sp³-hybridized carbons (Fsp3) is 0.227. The lowest BCUT2D eigenvalue weighted by atomic mass is 10.1. The van der Waals surface area contributed by atoms with E-state index in [9.17, 15) is 15.0 Å². The number of aliphatic hydroxyl groups is 2. The van der Waals surface area contributed by atoms with Crippen molar-refractivity contribution >= 4 is 39.9 Å². The van der Waals surface area contributed by atoms with Gasteiger partial charge in [-0.3, -0.25) is 14.0 Å². The molecule has 32 heavy (non-hydrogen) atoms. The Morgan fingerprint density at radius 3 is 2.56 bits per heavy atom. The van der Waals surface area contributed by atoms with Gasteiger partial charge in [0.2, 0.25) is 0 Å². The van der Waals surface area contributed by atoms with E-state index in [1.807, 2.05) is 24.3 Å². The van der Waals surface area contributed by atoms with Crippen LogP contribution in [0.3, 0.4) is 0 Å². The molecule has 0 amide bonds. The van der Waals surface area contributed by atoms with Gasteiger partial charge < -0.3 is 15.5 Å². The molecule has 0 unspecified atom stereocenters. The molecule has 166 valence electrons. The van der Waals surface area contributed by atoms with Gasteiger partial charge in [-0.15, -0.1) is 0 Å². The molecule has 0 fully saturated rings. The Balaban J connectivity index is 1.73. The molecule has 0 spiro atoms. The summed E-state index contributed by atoms with van der Waals surface area (Å²) in [6.45, 7) is 1.46. The van der Waals surface area contributed by atoms with Gasteiger partial charge in [0.15, 0.2) is 0 Å². The molecule has 0 atom stereocenters. The van der Waals surface area contributed by atoms with Crippen LogP contribution in [0.15, 0.2) is 59.8 Å². The quantitative estimate of drug-likeness (QED) is 0.380. The summed E-state index contributed by atoms with van der Waals surface area (Å²) in [4.78, 5) is 17.4. The molecule has 4 aromatic rings. The van der Waals surface area contributed by atoms with Crippen LogP contribution in [0.2, 0.25) is 10.0 Å². The van der Waals surface area contributed by atoms with Crippen molar-refractivity contribution in [2.75, 3.05) is 18.5 Å². The number of halogens is 2. The van der Waals surface area contributed by atoms with Gasteiger partial charge in [-0.1, -0.05) is 41.4 Å². The van der Waals surface area contributed by atoms with Crippen molar-refractivity contribution in [1.29, 1.82) is 0 Å². The lowest BCUT2D eigenvalue weighted by molar-refractivity contribution is 0.147. The molecule has 0 aliphatic carbocycles. The summed E-state index contributed by atoms with van der Waals surface area (Å²) in [5.74, 6) is 0.358. The minimum absolute atomic E-state index is 0.273. The standard InChI is InChI=1S/C22H21Cl2N5O3/c1-22(12-30,13-31)27-20-8-19(17(24)10-25-20)28-7-6-18-15(21(28)32)9-26-29(18)11-14-4-2-3-5-16(14)23/h2-10,30-31H,11-13H2,1H3,(H,25,27). The summed E-state index contributed by atoms with van der Waals surface area (Å²) in [7, 11) is 0. The third kappa shape index (κ3) is 4.22. The van der Waals surface area contributed by atoms with Gasteiger partial charge in [0.25, 0.3) is 5.56 Å². The SMILES string of the molecule is CC(CO)(CO)Nc1cc(-n2ccc3c(cnn3Cc3ccccc3Cl)c2=O)c(Cl)cn1. The van der Waals surface area contributed by atoms with E-state index >= 15 is 0 Å². The number of aromatic nitrogens is 4. The Morgan fingerprint density at radius 2 is 1.84 bits per heavy atom. The van der Waals surface area contributed by atoms with E-state index < -0.39 is 5.54 Å². The Labute approximate surface area is 193 Å². The van der Waals surface area contributed by atoms with Gasteiger partial charge in [0.05, 0.1) is 59.3 Å². The maximum atomic E-state index is 13.2. The lowest BCUT2D eigenvalue weighted by Gasteiger charge is -2.27. The van der Waals surface area contributed by atoms with Crippen LogP contribution in [-0.2, 0) is 6.54 Å². The van der Waals surface area contributed by atoms with Crippen molar-refractivity contribution in [3.05, 3.63) is 81.0 Å². The first-order valence-electron chi connectivity index (χ1n) is 9.81. The van der Waals surface area contributed by atoms with Crippen molar-refractivity contribution in [2.24, 2.45) is 0 Å². The number of rotatable bonds is 7. The van der Waals surface area contributed by atoms with Crippen LogP contribution >= 0.6 is 23.2 Å². The zero-order chi connectivity index (χ0) is 22.9. The number of benzene rings is 1. The Hall–Kier alpha value is -2.91. The number of hydrogen-bond donors (Lipinski definition) is 3. The van der Waals surface area contributed by atoms with Gasteiger partial charge in [0.1, 0.15) is 5.82 Å². The smallest absolute Gasteiger partial charge is 0.266 e. The summed E-state index contributed by atoms with van der Waals surface area (Å²) in [5.41, 5.74) is 0.703. The Bertz CT molecular complexity index is 1330. The maximum absolute atomic E-state index is 13.2. The molecule has 10 heteroatoms. The molecule has 0 radical (unpaired) electrons. The summed E-state index contributed by atoms with van der Waals surface area (Å²) >= 11 is 12.6. The molecule has 0 aliphatic heterocycles. The molecule has 4 rings (SSSR count). The maximum Gasteiger partial charge on any atom is 0.266 e. The highest BCUT2D eigenvalue weighted by Gasteiger charge is 2.23. The second kappa shape index (κ2) is 8.91. The molecule has 0 saturated heterocycles. The van der Waals surface area contributed by atoms with Gasteiger partial charge in [0, 0.05) is 17.3 Å². The number of nitrogens with zero attached hydrogens (tertiary/aromatic N) is 4. The molecule has 0 bridgehead atoms. The van der Waals surface area contributed by atoms with Crippen LogP contribution in [0, 0.1) is 0 Å². The highest BCUT2D eigenvalue weighted by Crippen LogP contribution is 2.24. The minimum atomic E-state index is -0.979. The van der Waals surface area contributed by atoms with E-state index in [4.69, 9.17) is 23.2 Å². The van der Waals surface area contributed by atoms with Crippen molar-refractivity contribution in [2.45, 2.75) is 19.0 Å². The Kier molecular flexibility index (Phi) is 6.21. The van der Waals surface area contributed by atoms with Gasteiger partial charge in [-0.2, -0.15) is 5.10 Å². The molecular weight excluding hydrogens is 453 g/mol. The lowest BCUT2D eigenvalue weighted by Crippen LogP contribution is -2.42. The topological polar surface area (TPSA) is 105 Å². The minimum Gasteiger partial charge on any atom is -0.394 e. The van der Waals surface area contributed by atoms with Crippen molar-refractivity contribution < 1.29 is 10.2 Å². The number of fused-ring (bicyclic) bond motifs is 1. The van der Waals surface area contributed by atoms with E-state index in [0.717, 1.165) is 5.56 Å². The molecule has 1 aromatic carbocycles. The molecule has 8 nitrogen and oxygen atoms in total. The number of aliphatic hydroxyl groups excluding tert-OH is 2. The van der Waals surface area contributed by atoms with Crippen molar-refractivity contribution in [1.82, 2.24) is 19.3 Å². The van der Waals surface area contributed by atoms with E-state index in [1.54, 1.807) is 29.9 Å². The highest BCUT2D eigenvalue weighted by atomic mass is 35.5. The van der Waals surface area contributed by atoms with E-state index in [-0.39, 0.29) is 23.8 Å². The normalized spacial score (nSPS) is 11.8. The predicted octanol–water partition coefficient (Wildman–Crippen LogP) is 3.09. The van der Waals surface area contributed by atoms with Crippen LogP contribution in [0.25, 0.3) is 16.6 Å². The van der Waals surface area contributed by atoms with Crippen LogP contribution < -0.4 is 10.9 Å². The fourth-order valence-electron chi connectivity index (χ4n) is 3.30. The molecule has 3 aromatic heterocycles. The number of nitrogens with one attached hydrogen (secondary N) is 1. The van der Waals surface area contributed by atoms with Gasteiger partial charge >= 0.3 is 0 Å². The molecular formula is C22H21Cl2N5O3. The number of hydrogen-bond acceptors (Lipinski definition) is 6. The van der Waals surface area contributed by atoms with Crippen molar-refractivity contribution in [3.8, 4) is 5.69 Å². The average molecular weight is 474 g/mol. The first kappa shape index (κ1) is 22.3. The summed E-state index contributed by atoms with van der Waals surface area (Å²) in [6, 6.07) is 10.9. The number of anilines is 1. The summed E-state index contributed by atoms with van der Waals surface area (Å²) < 4.78 is 3.13. The second-order valence-corrected chi connectivity index (χ2v) is 8.52. The summed E-state index contributed by atoms with van der Waals surface area (Å²) in [5, 5.41) is 27.7. The van der Waals surface area contributed by atoms with Gasteiger partial charge in [-0.25, -0.2) is 4.98 Å². The van der Waals surface area contributed by atoms with Crippen LogP contribution in [0.1, 0.15) is 12.5 Å². The van der Waals surface area contributed by atoms with Crippen LogP contribution in [0.5, 0.6) is 0 Å². The van der Waals surface area contributed by atoms with E-state index in [1.165, 1.54) is 17.0 Å². The molecule has 3 N–H and O–H groups in total. The second-order valence-electron chi connectivity index (χ2n) is 7.71. The van der Waals surface area contributed by atoms with Gasteiger partial charge in [-0.05, 0) is 24.6 Å². The van der Waals surface area contributed by atoms with Crippen LogP contribution in [0.4, 0.5) is 5.82 Å². The zero-order valence-electron chi connectivity index (χ0n) is 17.2. The third-order valence-corrected chi connectivity index (χ3v) is 5.87. The fourth-order valence-corrected chi connectivity index (χ4v) is 3.69. The molecule has 0 aliphatic rings. The zero-order valence-corrected chi connectivity index (χ0v) is 18.7. The molecule has 3 heterocycles. The van der Waals surface area contributed by atoms with E-state index in [2.05, 4.69) is 15.4 Å². The average Bonchev–Trinajstić information content (AvgIpc) is 3.21. The Morgan fingerprint density at radius 1 is 1.09 bits per heavy atom. The molecule has 0 saturated carbocycles.